The highest BCUT2D eigenvalue weighted by Gasteiger charge is 2.10. The number of nitrogen functional groups attached to an aromatic ring is 1. The quantitative estimate of drug-likeness (QED) is 0.691. The van der Waals surface area contributed by atoms with Gasteiger partial charge in [0.2, 0.25) is 5.91 Å². The molecule has 5 heteroatoms. The first-order valence-corrected chi connectivity index (χ1v) is 6.99. The molecule has 2 atom stereocenters. The van der Waals surface area contributed by atoms with E-state index in [0.29, 0.717) is 23.5 Å². The summed E-state index contributed by atoms with van der Waals surface area (Å²) in [6.45, 7) is 3.70. The molecule has 0 saturated carbocycles. The summed E-state index contributed by atoms with van der Waals surface area (Å²) in [7, 11) is 0. The highest BCUT2D eigenvalue weighted by molar-refractivity contribution is 7.99. The molecule has 1 rings (SSSR count). The molecule has 18 heavy (non-hydrogen) atoms. The second-order valence-corrected chi connectivity index (χ2v) is 5.69. The van der Waals surface area contributed by atoms with E-state index in [2.05, 4.69) is 5.32 Å². The molecule has 4 N–H and O–H groups in total. The number of anilines is 2. The zero-order valence-corrected chi connectivity index (χ0v) is 11.5. The molecule has 1 aromatic carbocycles. The van der Waals surface area contributed by atoms with Gasteiger partial charge in [-0.3, -0.25) is 4.79 Å². The molecular formula is C13H20N2O2S. The van der Waals surface area contributed by atoms with E-state index in [-0.39, 0.29) is 17.3 Å². The van der Waals surface area contributed by atoms with E-state index < -0.39 is 0 Å². The average molecular weight is 268 g/mol. The number of aliphatic hydroxyl groups is 1. The molecule has 0 bridgehead atoms. The maximum absolute atomic E-state index is 11.7. The summed E-state index contributed by atoms with van der Waals surface area (Å²) < 4.78 is 0. The van der Waals surface area contributed by atoms with Crippen LogP contribution in [0.2, 0.25) is 0 Å². The Hall–Kier alpha value is -1.20. The molecule has 0 aliphatic carbocycles. The molecule has 0 aromatic heterocycles. The number of thioether (sulfide) groups is 1. The van der Waals surface area contributed by atoms with Crippen LogP contribution >= 0.6 is 11.8 Å². The predicted octanol–water partition coefficient (Wildman–Crippen LogP) is 2.10. The van der Waals surface area contributed by atoms with Crippen LogP contribution in [0.5, 0.6) is 0 Å². The van der Waals surface area contributed by atoms with Gasteiger partial charge < -0.3 is 16.2 Å². The van der Waals surface area contributed by atoms with E-state index in [4.69, 9.17) is 5.73 Å². The second-order valence-electron chi connectivity index (χ2n) is 4.20. The second kappa shape index (κ2) is 7.28. The van der Waals surface area contributed by atoms with Crippen molar-refractivity contribution >= 4 is 29.0 Å². The fourth-order valence-corrected chi connectivity index (χ4v) is 2.25. The van der Waals surface area contributed by atoms with Crippen molar-refractivity contribution in [1.29, 1.82) is 0 Å². The fraction of sp³-hybridized carbons (Fsp3) is 0.462. The average Bonchev–Trinajstić information content (AvgIpc) is 2.32. The van der Waals surface area contributed by atoms with E-state index in [1.54, 1.807) is 30.8 Å². The summed E-state index contributed by atoms with van der Waals surface area (Å²) in [4.78, 5) is 11.7. The van der Waals surface area contributed by atoms with Gasteiger partial charge in [-0.2, -0.15) is 11.8 Å². The van der Waals surface area contributed by atoms with E-state index in [1.165, 1.54) is 0 Å². The molecule has 1 aromatic rings. The van der Waals surface area contributed by atoms with Crippen molar-refractivity contribution in [3.05, 3.63) is 24.3 Å². The van der Waals surface area contributed by atoms with Crippen molar-refractivity contribution in [2.24, 2.45) is 0 Å². The summed E-state index contributed by atoms with van der Waals surface area (Å²) >= 11 is 1.59. The van der Waals surface area contributed by atoms with Crippen molar-refractivity contribution < 1.29 is 9.90 Å². The number of rotatable bonds is 6. The topological polar surface area (TPSA) is 75.3 Å². The summed E-state index contributed by atoms with van der Waals surface area (Å²) in [5.41, 5.74) is 6.95. The van der Waals surface area contributed by atoms with Gasteiger partial charge in [0.25, 0.3) is 0 Å². The van der Waals surface area contributed by atoms with Crippen molar-refractivity contribution in [3.63, 3.8) is 0 Å². The van der Waals surface area contributed by atoms with Crippen LogP contribution in [-0.4, -0.2) is 28.1 Å². The Morgan fingerprint density at radius 3 is 2.72 bits per heavy atom. The molecule has 2 unspecified atom stereocenters. The predicted molar refractivity (Wildman–Crippen MR) is 77.7 cm³/mol. The number of nitrogens with two attached hydrogens (primary N) is 1. The van der Waals surface area contributed by atoms with Gasteiger partial charge in [-0.15, -0.1) is 0 Å². The molecule has 4 nitrogen and oxygen atoms in total. The summed E-state index contributed by atoms with van der Waals surface area (Å²) in [6, 6.07) is 7.18. The van der Waals surface area contributed by atoms with Crippen molar-refractivity contribution in [3.8, 4) is 0 Å². The molecular weight excluding hydrogens is 248 g/mol. The number of carbonyl (C=O) groups excluding carboxylic acids is 1. The van der Waals surface area contributed by atoms with Gasteiger partial charge in [-0.05, 0) is 19.1 Å². The van der Waals surface area contributed by atoms with E-state index in [9.17, 15) is 9.90 Å². The van der Waals surface area contributed by atoms with Gasteiger partial charge in [0.05, 0.1) is 17.5 Å². The zero-order valence-electron chi connectivity index (χ0n) is 10.7. The third kappa shape index (κ3) is 4.98. The lowest BCUT2D eigenvalue weighted by atomic mass is 10.2. The zero-order chi connectivity index (χ0) is 13.5. The largest absolute Gasteiger partial charge is 0.397 e. The Labute approximate surface area is 112 Å². The highest BCUT2D eigenvalue weighted by Crippen LogP contribution is 2.18. The van der Waals surface area contributed by atoms with Crippen LogP contribution in [-0.2, 0) is 4.79 Å². The van der Waals surface area contributed by atoms with E-state index in [0.717, 1.165) is 0 Å². The molecule has 0 radical (unpaired) electrons. The first kappa shape index (κ1) is 14.9. The first-order valence-electron chi connectivity index (χ1n) is 5.94. The van der Waals surface area contributed by atoms with Crippen LogP contribution in [0, 0.1) is 0 Å². The molecule has 1 amide bonds. The monoisotopic (exact) mass is 268 g/mol. The molecule has 0 spiro atoms. The molecule has 0 saturated heterocycles. The molecule has 0 aliphatic rings. The van der Waals surface area contributed by atoms with Gasteiger partial charge in [-0.1, -0.05) is 19.1 Å². The van der Waals surface area contributed by atoms with Crippen LogP contribution in [0.3, 0.4) is 0 Å². The number of para-hydroxylation sites is 2. The number of amides is 1. The van der Waals surface area contributed by atoms with Crippen molar-refractivity contribution in [2.45, 2.75) is 31.6 Å². The van der Waals surface area contributed by atoms with Crippen molar-refractivity contribution in [1.82, 2.24) is 0 Å². The van der Waals surface area contributed by atoms with Gasteiger partial charge in [0.15, 0.2) is 0 Å². The number of benzene rings is 1. The molecule has 0 heterocycles. The molecule has 0 aliphatic heterocycles. The van der Waals surface area contributed by atoms with Gasteiger partial charge in [0, 0.05) is 17.4 Å². The Kier molecular flexibility index (Phi) is 6.01. The fourth-order valence-electron chi connectivity index (χ4n) is 1.30. The SMILES string of the molecule is CC(O)C(C)SCCC(=O)Nc1ccccc1N. The molecule has 100 valence electrons. The van der Waals surface area contributed by atoms with Gasteiger partial charge in [0.1, 0.15) is 0 Å². The smallest absolute Gasteiger partial charge is 0.225 e. The number of hydrogen-bond donors (Lipinski definition) is 3. The number of aliphatic hydroxyl groups excluding tert-OH is 1. The van der Waals surface area contributed by atoms with Crippen molar-refractivity contribution in [2.75, 3.05) is 16.8 Å². The maximum Gasteiger partial charge on any atom is 0.225 e. The first-order chi connectivity index (χ1) is 8.50. The lowest BCUT2D eigenvalue weighted by molar-refractivity contribution is -0.115. The van der Waals surface area contributed by atoms with Crippen LogP contribution in [0.25, 0.3) is 0 Å². The van der Waals surface area contributed by atoms with Crippen LogP contribution in [0.15, 0.2) is 24.3 Å². The highest BCUT2D eigenvalue weighted by atomic mass is 32.2. The third-order valence-corrected chi connectivity index (χ3v) is 3.98. The third-order valence-electron chi connectivity index (χ3n) is 2.62. The molecule has 0 fully saturated rings. The standard InChI is InChI=1S/C13H20N2O2S/c1-9(16)10(2)18-8-7-13(17)15-12-6-4-3-5-11(12)14/h3-6,9-10,16H,7-8,14H2,1-2H3,(H,15,17). The van der Waals surface area contributed by atoms with Gasteiger partial charge in [-0.25, -0.2) is 0 Å². The lowest BCUT2D eigenvalue weighted by Crippen LogP contribution is -2.18. The normalized spacial score (nSPS) is 13.9. The maximum atomic E-state index is 11.7. The minimum Gasteiger partial charge on any atom is -0.397 e. The number of hydrogen-bond acceptors (Lipinski definition) is 4. The van der Waals surface area contributed by atoms with Crippen LogP contribution in [0.1, 0.15) is 20.3 Å². The summed E-state index contributed by atoms with van der Waals surface area (Å²) in [5.74, 6) is 0.628. The lowest BCUT2D eigenvalue weighted by Gasteiger charge is -2.13. The van der Waals surface area contributed by atoms with Crippen LogP contribution < -0.4 is 11.1 Å². The van der Waals surface area contributed by atoms with E-state index >= 15 is 0 Å². The van der Waals surface area contributed by atoms with Crippen LogP contribution in [0.4, 0.5) is 11.4 Å². The Morgan fingerprint density at radius 1 is 1.44 bits per heavy atom. The minimum absolute atomic E-state index is 0.0572. The Balaban J connectivity index is 2.33. The Morgan fingerprint density at radius 2 is 2.11 bits per heavy atom. The number of carbonyl (C=O) groups is 1. The summed E-state index contributed by atoms with van der Waals surface area (Å²) in [5, 5.41) is 12.2. The minimum atomic E-state index is -0.358. The Bertz CT molecular complexity index is 396. The summed E-state index contributed by atoms with van der Waals surface area (Å²) in [6.07, 6.45) is 0.0543. The number of nitrogens with one attached hydrogen (secondary N) is 1. The van der Waals surface area contributed by atoms with Gasteiger partial charge >= 0.3 is 0 Å². The van der Waals surface area contributed by atoms with E-state index in [1.807, 2.05) is 19.1 Å².